The molecule has 610 valence electrons. The van der Waals surface area contributed by atoms with E-state index in [-0.39, 0.29) is 76.2 Å². The number of nitrogens with one attached hydrogen (secondary N) is 16. The van der Waals surface area contributed by atoms with Gasteiger partial charge in [0.15, 0.2) is 11.9 Å². The maximum atomic E-state index is 15.0. The van der Waals surface area contributed by atoms with Gasteiger partial charge in [0.2, 0.25) is 88.6 Å². The Morgan fingerprint density at radius 3 is 1.77 bits per heavy atom. The summed E-state index contributed by atoms with van der Waals surface area (Å²) in [4.78, 5) is 216. The lowest BCUT2D eigenvalue weighted by molar-refractivity contribution is -0.141. The van der Waals surface area contributed by atoms with Gasteiger partial charge in [0.1, 0.15) is 84.3 Å². The number of benzene rings is 2. The fourth-order valence-electron chi connectivity index (χ4n) is 11.9. The molecule has 42 heteroatoms. The van der Waals surface area contributed by atoms with Crippen molar-refractivity contribution in [2.75, 3.05) is 31.1 Å². The number of phenolic OH excluding ortho intramolecular Hbond substituents is 1. The maximum absolute atomic E-state index is 15.0. The molecule has 0 saturated carbocycles. The van der Waals surface area contributed by atoms with Gasteiger partial charge in [0, 0.05) is 61.1 Å². The monoisotopic (exact) mass is 1590 g/mol. The van der Waals surface area contributed by atoms with E-state index in [1.54, 1.807) is 44.3 Å². The minimum absolute atomic E-state index is 0.0148. The van der Waals surface area contributed by atoms with Crippen LogP contribution in [0.5, 0.6) is 5.75 Å². The highest BCUT2D eigenvalue weighted by molar-refractivity contribution is 8.76. The lowest BCUT2D eigenvalue weighted by Crippen LogP contribution is -2.62. The van der Waals surface area contributed by atoms with Crippen LogP contribution in [-0.4, -0.2) is 236 Å². The van der Waals surface area contributed by atoms with Gasteiger partial charge in [-0.25, -0.2) is 0 Å². The summed E-state index contributed by atoms with van der Waals surface area (Å²) < 4.78 is 0. The molecule has 2 aromatic carbocycles. The maximum Gasteiger partial charge on any atom is 0.245 e. The molecular formula is C69H105N23O17S2. The molecule has 0 aliphatic carbocycles. The molecule has 14 atom stereocenters. The van der Waals surface area contributed by atoms with Gasteiger partial charge >= 0.3 is 0 Å². The Labute approximate surface area is 647 Å². The molecule has 2 fully saturated rings. The number of aromatic hydroxyl groups is 1. The summed E-state index contributed by atoms with van der Waals surface area (Å²) in [5.74, 6) is -18.3. The number of nitrogens with zero attached hydrogens (tertiary/aromatic N) is 1. The van der Waals surface area contributed by atoms with Gasteiger partial charge < -0.3 is 124 Å². The Bertz CT molecular complexity index is 3850. The highest BCUT2D eigenvalue weighted by Crippen LogP contribution is 2.26. The third-order valence-electron chi connectivity index (χ3n) is 17.9. The number of rotatable bonds is 36. The first kappa shape index (κ1) is 90.6. The lowest BCUT2D eigenvalue weighted by atomic mass is 10.0. The molecule has 1 aromatic heterocycles. The first-order chi connectivity index (χ1) is 52.3. The van der Waals surface area contributed by atoms with Crippen molar-refractivity contribution in [2.24, 2.45) is 46.2 Å². The fraction of sp³-hybridized carbons (Fsp3) is 0.551. The summed E-state index contributed by atoms with van der Waals surface area (Å²) in [6.07, 6.45) is -1.73. The summed E-state index contributed by atoms with van der Waals surface area (Å²) in [6.45, 7) is 9.29. The zero-order chi connectivity index (χ0) is 82.5. The first-order valence-electron chi connectivity index (χ1n) is 36.0. The third kappa shape index (κ3) is 29.4. The van der Waals surface area contributed by atoms with Crippen molar-refractivity contribution in [1.29, 1.82) is 10.8 Å². The normalized spacial score (nSPS) is 20.0. The summed E-state index contributed by atoms with van der Waals surface area (Å²) in [5, 5.41) is 69.4. The van der Waals surface area contributed by atoms with Crippen molar-refractivity contribution in [1.82, 2.24) is 79.0 Å². The predicted octanol–water partition coefficient (Wildman–Crippen LogP) is -6.43. The van der Waals surface area contributed by atoms with Crippen molar-refractivity contribution in [3.8, 4) is 5.75 Å². The number of H-pyrrole nitrogens is 1. The van der Waals surface area contributed by atoms with Crippen molar-refractivity contribution < 1.29 is 82.1 Å². The topological polar surface area (TPSA) is 676 Å². The minimum Gasteiger partial charge on any atom is -0.508 e. The van der Waals surface area contributed by atoms with E-state index in [0.717, 1.165) is 21.6 Å². The highest BCUT2D eigenvalue weighted by atomic mass is 33.1. The van der Waals surface area contributed by atoms with Gasteiger partial charge in [-0.15, -0.1) is 0 Å². The van der Waals surface area contributed by atoms with E-state index < -0.39 is 222 Å². The number of amides is 15. The molecule has 3 aromatic rings. The zero-order valence-corrected chi connectivity index (χ0v) is 64.1. The number of likely N-dealkylation sites (tertiary alicyclic amines) is 1. The second-order valence-electron chi connectivity index (χ2n) is 27.8. The van der Waals surface area contributed by atoms with E-state index in [1.165, 1.54) is 56.9 Å². The first-order valence-corrected chi connectivity index (χ1v) is 38.5. The Kier molecular flexibility index (Phi) is 35.9. The number of carbonyl (C=O) groups is 15. The average molecular weight is 1590 g/mol. The predicted molar refractivity (Wildman–Crippen MR) is 409 cm³/mol. The van der Waals surface area contributed by atoms with Crippen molar-refractivity contribution in [3.05, 3.63) is 65.9 Å². The smallest absolute Gasteiger partial charge is 0.245 e. The van der Waals surface area contributed by atoms with Crippen LogP contribution >= 0.6 is 21.6 Å². The van der Waals surface area contributed by atoms with Crippen molar-refractivity contribution in [3.63, 3.8) is 0 Å². The minimum atomic E-state index is -1.99. The quantitative estimate of drug-likeness (QED) is 0.0111. The summed E-state index contributed by atoms with van der Waals surface area (Å²) in [6, 6.07) is -7.93. The molecule has 111 heavy (non-hydrogen) atoms. The Balaban J connectivity index is 1.53. The largest absolute Gasteiger partial charge is 0.508 e. The van der Waals surface area contributed by atoms with Crippen LogP contribution in [0, 0.1) is 22.7 Å². The van der Waals surface area contributed by atoms with Gasteiger partial charge in [-0.2, -0.15) is 0 Å². The Morgan fingerprint density at radius 1 is 0.622 bits per heavy atom. The molecule has 15 amide bonds. The van der Waals surface area contributed by atoms with E-state index in [9.17, 15) is 77.3 Å². The van der Waals surface area contributed by atoms with Crippen LogP contribution in [0.3, 0.4) is 0 Å². The lowest BCUT2D eigenvalue weighted by Gasteiger charge is -2.30. The second kappa shape index (κ2) is 44.0. The van der Waals surface area contributed by atoms with Gasteiger partial charge in [0.25, 0.3) is 0 Å². The molecule has 0 radical (unpaired) electrons. The van der Waals surface area contributed by atoms with Crippen LogP contribution in [0.4, 0.5) is 0 Å². The Morgan fingerprint density at radius 2 is 1.19 bits per heavy atom. The van der Waals surface area contributed by atoms with Crippen LogP contribution in [0.1, 0.15) is 110 Å². The molecule has 3 heterocycles. The Hall–Kier alpha value is -11.0. The van der Waals surface area contributed by atoms with E-state index in [2.05, 4.69) is 74.1 Å². The van der Waals surface area contributed by atoms with Crippen LogP contribution in [-0.2, 0) is 84.8 Å². The number of aliphatic hydroxyl groups is 1. The number of aliphatic hydroxyl groups excluding tert-OH is 1. The summed E-state index contributed by atoms with van der Waals surface area (Å²) in [5.41, 5.74) is 35.5. The van der Waals surface area contributed by atoms with E-state index in [1.807, 2.05) is 0 Å². The number of phenols is 1. The highest BCUT2D eigenvalue weighted by Gasteiger charge is 2.41. The van der Waals surface area contributed by atoms with Crippen molar-refractivity contribution >= 4 is 133 Å². The number of carbonyl (C=O) groups excluding carboxylic acids is 15. The SMILES string of the molecule is CC(C)C[C@H](NC(=O)[C@H](CCCNC(=N)N)NC(=O)[C@@H]1CSSC[C@@H](NC(=O)[C@H](CC(N)=O)NC(=O)[C@H](CCCNC(=N)N)NC(=O)[C@H](C)NC(=O)[C@H](Cc2c[nH]c3ccccc23)NC(=O)[C@@H](N)[C@@H](C)O)C(=O)N[C@@H](Cc2ccc(O)cc2)C(=O)N[C@@H](CC(N)=O)C(=O)N[C@@H](C(C)C)C(=O)N1)C(=O)N1CCC[C@H]1C(N)=O. The number of aromatic nitrogens is 1. The number of para-hydroxylation sites is 1. The number of hydrogen-bond acceptors (Lipinski definition) is 22. The van der Waals surface area contributed by atoms with Crippen molar-refractivity contribution in [2.45, 2.75) is 197 Å². The molecule has 30 N–H and O–H groups in total. The van der Waals surface area contributed by atoms with Gasteiger partial charge in [-0.3, -0.25) is 82.7 Å². The van der Waals surface area contributed by atoms with E-state index >= 15 is 4.79 Å². The molecule has 0 spiro atoms. The molecule has 5 rings (SSSR count). The molecule has 2 saturated heterocycles. The number of nitrogens with two attached hydrogens (primary N) is 6. The van der Waals surface area contributed by atoms with Gasteiger partial charge in [-0.05, 0) is 100.0 Å². The van der Waals surface area contributed by atoms with Crippen LogP contribution in [0.25, 0.3) is 10.9 Å². The standard InChI is InChI=1S/C69H105N23O17S2/c1-32(2)24-47(67(109)92-23-11-16-50(92)55(73)97)88-58(100)42(15-10-22-79-69(76)77)83-63(105)49-31-111-110-30-48(64(106)84-43(25-36-17-19-38(94)20-18-36)60(102)86-46(28-52(71)96)62(104)91-54(33(3)4)66(108)90-49)89-61(103)45(27-51(70)95)85-57(99)41(14-9-21-78-68(74)75)82-56(98)34(5)81-59(101)44(87-65(107)53(72)35(6)93)26-37-29-80-40-13-8-7-12-39(37)40/h7-8,12-13,17-20,29,32-35,41-50,53-54,80,93-94H,9-11,14-16,21-28,30-31,72H2,1-6H3,(H2,70,95)(H2,71,96)(H2,73,97)(H,81,101)(H,82,98)(H,83,105)(H,84,106)(H,85,99)(H,86,102)(H,87,107)(H,88,100)(H,89,103)(H,90,108)(H,91,104)(H4,74,75,78)(H4,76,77,79)/t34-,35+,41-,42-,43-,44-,45-,46-,47-,48+,49-,50-,53-,54-/m0/s1. The number of hydrogen-bond donors (Lipinski definition) is 24. The molecule has 0 unspecified atom stereocenters. The van der Waals surface area contributed by atoms with Gasteiger partial charge in [0.05, 0.1) is 18.9 Å². The van der Waals surface area contributed by atoms with E-state index in [4.69, 9.17) is 45.2 Å². The van der Waals surface area contributed by atoms with Crippen LogP contribution < -0.4 is 104 Å². The second-order valence-corrected chi connectivity index (χ2v) is 30.4. The molecular weight excluding hydrogens is 1490 g/mol. The summed E-state index contributed by atoms with van der Waals surface area (Å²) in [7, 11) is 1.60. The summed E-state index contributed by atoms with van der Waals surface area (Å²) >= 11 is 0. The van der Waals surface area contributed by atoms with E-state index in [0.29, 0.717) is 28.5 Å². The number of primary amides is 3. The average Bonchev–Trinajstić information content (AvgIpc) is 1.43. The third-order valence-corrected chi connectivity index (χ3v) is 20.3. The van der Waals surface area contributed by atoms with Crippen LogP contribution in [0.15, 0.2) is 54.7 Å². The zero-order valence-electron chi connectivity index (χ0n) is 62.5. The molecule has 40 nitrogen and oxygen atoms in total. The number of guanidine groups is 2. The van der Waals surface area contributed by atoms with Gasteiger partial charge in [-0.1, -0.05) is 79.6 Å². The molecule has 2 aliphatic rings. The number of fused-ring (bicyclic) bond motifs is 1. The number of aromatic amines is 1. The molecule has 0 bridgehead atoms. The molecule has 2 aliphatic heterocycles. The van der Waals surface area contributed by atoms with Crippen LogP contribution in [0.2, 0.25) is 0 Å². The fourth-order valence-corrected chi connectivity index (χ4v) is 14.2.